The number of nitrogens with zero attached hydrogens (tertiary/aromatic N) is 1. The monoisotopic (exact) mass is 386 g/mol. The number of aromatic nitrogens is 1. The maximum absolute atomic E-state index is 12.3. The van der Waals surface area contributed by atoms with Gasteiger partial charge in [-0.2, -0.15) is 0 Å². The van der Waals surface area contributed by atoms with E-state index in [9.17, 15) is 9.59 Å². The van der Waals surface area contributed by atoms with E-state index in [1.165, 1.54) is 18.9 Å². The molecule has 132 valence electrons. The molecule has 3 aromatic rings. The fourth-order valence-electron chi connectivity index (χ4n) is 2.43. The summed E-state index contributed by atoms with van der Waals surface area (Å²) in [5, 5.41) is 4.31. The van der Waals surface area contributed by atoms with Gasteiger partial charge in [0.05, 0.1) is 29.6 Å². The van der Waals surface area contributed by atoms with Gasteiger partial charge in [-0.15, -0.1) is 11.8 Å². The molecular formula is C19H15ClN2O3S. The minimum atomic E-state index is -0.495. The number of anilines is 1. The van der Waals surface area contributed by atoms with Gasteiger partial charge >= 0.3 is 5.97 Å². The Balaban J connectivity index is 1.72. The maximum atomic E-state index is 12.3. The number of fused-ring (bicyclic) bond motifs is 1. The number of rotatable bonds is 5. The number of benzene rings is 2. The van der Waals surface area contributed by atoms with Gasteiger partial charge in [0.25, 0.3) is 0 Å². The highest BCUT2D eigenvalue weighted by molar-refractivity contribution is 8.00. The summed E-state index contributed by atoms with van der Waals surface area (Å²) in [6.07, 6.45) is 1.69. The predicted octanol–water partition coefficient (Wildman–Crippen LogP) is 4.41. The zero-order valence-corrected chi connectivity index (χ0v) is 15.4. The molecule has 26 heavy (non-hydrogen) atoms. The van der Waals surface area contributed by atoms with Crippen molar-refractivity contribution in [3.63, 3.8) is 0 Å². The Hall–Kier alpha value is -2.57. The van der Waals surface area contributed by atoms with E-state index in [2.05, 4.69) is 10.3 Å². The molecule has 0 radical (unpaired) electrons. The molecule has 5 nitrogen and oxygen atoms in total. The summed E-state index contributed by atoms with van der Waals surface area (Å²) in [4.78, 5) is 29.3. The second-order valence-electron chi connectivity index (χ2n) is 5.34. The van der Waals surface area contributed by atoms with Crippen molar-refractivity contribution >= 4 is 51.8 Å². The average molecular weight is 387 g/mol. The maximum Gasteiger partial charge on any atom is 0.339 e. The summed E-state index contributed by atoms with van der Waals surface area (Å²) < 4.78 is 4.73. The van der Waals surface area contributed by atoms with Crippen molar-refractivity contribution in [2.24, 2.45) is 0 Å². The Morgan fingerprint density at radius 3 is 2.81 bits per heavy atom. The van der Waals surface area contributed by atoms with Crippen LogP contribution in [0.2, 0.25) is 5.02 Å². The molecule has 0 spiro atoms. The van der Waals surface area contributed by atoms with Crippen LogP contribution in [0.15, 0.2) is 59.6 Å². The number of ether oxygens (including phenoxy) is 1. The van der Waals surface area contributed by atoms with Crippen LogP contribution < -0.4 is 5.32 Å². The summed E-state index contributed by atoms with van der Waals surface area (Å²) in [6.45, 7) is 0. The molecule has 3 rings (SSSR count). The number of methoxy groups -OCH3 is 1. The third-order valence-corrected chi connectivity index (χ3v) is 4.94. The number of thioether (sulfide) groups is 1. The number of hydrogen-bond donors (Lipinski definition) is 1. The predicted molar refractivity (Wildman–Crippen MR) is 104 cm³/mol. The molecule has 1 heterocycles. The van der Waals surface area contributed by atoms with E-state index in [1.54, 1.807) is 42.6 Å². The number of nitrogens with one attached hydrogen (secondary N) is 1. The molecule has 0 aliphatic carbocycles. The normalized spacial score (nSPS) is 10.5. The third kappa shape index (κ3) is 4.15. The Morgan fingerprint density at radius 1 is 1.19 bits per heavy atom. The molecule has 0 bridgehead atoms. The van der Waals surface area contributed by atoms with Crippen molar-refractivity contribution in [3.05, 3.63) is 65.3 Å². The quantitative estimate of drug-likeness (QED) is 0.519. The molecule has 0 unspecified atom stereocenters. The van der Waals surface area contributed by atoms with Crippen LogP contribution in [0.1, 0.15) is 10.4 Å². The number of para-hydroxylation sites is 1. The zero-order chi connectivity index (χ0) is 18.5. The van der Waals surface area contributed by atoms with Crippen molar-refractivity contribution in [1.29, 1.82) is 0 Å². The summed E-state index contributed by atoms with van der Waals surface area (Å²) in [5.74, 6) is -0.520. The Labute approximate surface area is 159 Å². The number of hydrogen-bond acceptors (Lipinski definition) is 5. The van der Waals surface area contributed by atoms with Gasteiger partial charge in [-0.05, 0) is 30.3 Å². The van der Waals surface area contributed by atoms with Crippen LogP contribution in [0.25, 0.3) is 10.9 Å². The van der Waals surface area contributed by atoms with Gasteiger partial charge in [0.2, 0.25) is 5.91 Å². The Kier molecular flexibility index (Phi) is 5.75. The summed E-state index contributed by atoms with van der Waals surface area (Å²) >= 11 is 7.38. The lowest BCUT2D eigenvalue weighted by Crippen LogP contribution is -2.17. The number of esters is 1. The molecule has 0 saturated heterocycles. The van der Waals surface area contributed by atoms with E-state index < -0.39 is 5.97 Å². The van der Waals surface area contributed by atoms with Gasteiger partial charge in [0.15, 0.2) is 0 Å². The van der Waals surface area contributed by atoms with Gasteiger partial charge in [0.1, 0.15) is 0 Å². The summed E-state index contributed by atoms with van der Waals surface area (Å²) in [5.41, 5.74) is 1.52. The number of carbonyl (C=O) groups is 2. The van der Waals surface area contributed by atoms with Crippen LogP contribution in [0.3, 0.4) is 0 Å². The van der Waals surface area contributed by atoms with Crippen molar-refractivity contribution < 1.29 is 14.3 Å². The van der Waals surface area contributed by atoms with E-state index in [-0.39, 0.29) is 11.7 Å². The van der Waals surface area contributed by atoms with Crippen LogP contribution in [0, 0.1) is 0 Å². The lowest BCUT2D eigenvalue weighted by atomic mass is 10.2. The van der Waals surface area contributed by atoms with Gasteiger partial charge < -0.3 is 10.1 Å². The van der Waals surface area contributed by atoms with Gasteiger partial charge in [-0.25, -0.2) is 4.79 Å². The highest BCUT2D eigenvalue weighted by atomic mass is 35.5. The van der Waals surface area contributed by atoms with Gasteiger partial charge in [-0.1, -0.05) is 29.8 Å². The molecule has 0 aliphatic rings. The number of carbonyl (C=O) groups excluding carboxylic acids is 2. The topological polar surface area (TPSA) is 68.3 Å². The van der Waals surface area contributed by atoms with Crippen LogP contribution in [0.4, 0.5) is 5.69 Å². The lowest BCUT2D eigenvalue weighted by Gasteiger charge is -2.10. The van der Waals surface area contributed by atoms with Gasteiger partial charge in [0, 0.05) is 21.5 Å². The van der Waals surface area contributed by atoms with Gasteiger partial charge in [-0.3, -0.25) is 9.78 Å². The first kappa shape index (κ1) is 18.2. The molecule has 0 atom stereocenters. The minimum absolute atomic E-state index is 0.192. The number of pyridine rings is 1. The lowest BCUT2D eigenvalue weighted by molar-refractivity contribution is -0.113. The summed E-state index contributed by atoms with van der Waals surface area (Å²) in [6, 6.07) is 14.1. The highest BCUT2D eigenvalue weighted by Crippen LogP contribution is 2.28. The molecule has 7 heteroatoms. The fourth-order valence-corrected chi connectivity index (χ4v) is 3.44. The van der Waals surface area contributed by atoms with Crippen LogP contribution in [-0.4, -0.2) is 29.7 Å². The molecule has 1 aromatic heterocycles. The van der Waals surface area contributed by atoms with E-state index >= 15 is 0 Å². The molecule has 1 N–H and O–H groups in total. The zero-order valence-electron chi connectivity index (χ0n) is 13.9. The second-order valence-corrected chi connectivity index (χ2v) is 6.80. The third-order valence-electron chi connectivity index (χ3n) is 3.63. The van der Waals surface area contributed by atoms with Crippen LogP contribution >= 0.6 is 23.4 Å². The van der Waals surface area contributed by atoms with Crippen molar-refractivity contribution in [3.8, 4) is 0 Å². The fraction of sp³-hybridized carbons (Fsp3) is 0.105. The first-order valence-electron chi connectivity index (χ1n) is 7.73. The van der Waals surface area contributed by atoms with Crippen molar-refractivity contribution in [2.45, 2.75) is 4.90 Å². The molecule has 2 aromatic carbocycles. The Bertz CT molecular complexity index is 978. The van der Waals surface area contributed by atoms with Crippen molar-refractivity contribution in [1.82, 2.24) is 4.98 Å². The first-order valence-corrected chi connectivity index (χ1v) is 9.09. The highest BCUT2D eigenvalue weighted by Gasteiger charge is 2.14. The van der Waals surface area contributed by atoms with Crippen LogP contribution in [0.5, 0.6) is 0 Å². The van der Waals surface area contributed by atoms with E-state index in [1.807, 2.05) is 12.1 Å². The number of halogens is 1. The number of amides is 1. The molecule has 0 aliphatic heterocycles. The molecular weight excluding hydrogens is 372 g/mol. The largest absolute Gasteiger partial charge is 0.465 e. The smallest absolute Gasteiger partial charge is 0.339 e. The van der Waals surface area contributed by atoms with E-state index in [4.69, 9.17) is 16.3 Å². The Morgan fingerprint density at radius 2 is 2.00 bits per heavy atom. The molecule has 0 saturated carbocycles. The van der Waals surface area contributed by atoms with E-state index in [0.717, 1.165) is 15.8 Å². The molecule has 0 fully saturated rings. The van der Waals surface area contributed by atoms with Crippen LogP contribution in [-0.2, 0) is 9.53 Å². The average Bonchev–Trinajstić information content (AvgIpc) is 2.65. The minimum Gasteiger partial charge on any atom is -0.465 e. The second kappa shape index (κ2) is 8.21. The van der Waals surface area contributed by atoms with Crippen molar-refractivity contribution in [2.75, 3.05) is 18.2 Å². The standard InChI is InChI=1S/C19H15ClN2O3S/c1-25-19(24)14-4-2-3-5-15(14)22-18(23)11-26-17-8-9-21-16-10-12(20)6-7-13(16)17/h2-10H,11H2,1H3,(H,22,23). The summed E-state index contributed by atoms with van der Waals surface area (Å²) in [7, 11) is 1.30. The first-order chi connectivity index (χ1) is 12.6. The van der Waals surface area contributed by atoms with E-state index in [0.29, 0.717) is 16.3 Å². The SMILES string of the molecule is COC(=O)c1ccccc1NC(=O)CSc1ccnc2cc(Cl)ccc12. The molecule has 1 amide bonds.